The number of anilines is 2. The maximum absolute atomic E-state index is 4.11. The molecule has 0 spiro atoms. The minimum absolute atomic E-state index is 0.726. The number of fused-ring (bicyclic) bond motifs is 1. The standard InChI is InChI=1S/C13H12N4/c1-10-5-7-11(8-6-10)14-13-16-15-12-4-2-3-9-17(12)13/h2-9H,1H3,(H,14,16). The fraction of sp³-hybridized carbons (Fsp3) is 0.0769. The molecule has 2 heterocycles. The van der Waals surface area contributed by atoms with Gasteiger partial charge in [0, 0.05) is 11.9 Å². The van der Waals surface area contributed by atoms with Crippen molar-refractivity contribution in [1.29, 1.82) is 0 Å². The van der Waals surface area contributed by atoms with Crippen LogP contribution in [0.3, 0.4) is 0 Å². The zero-order chi connectivity index (χ0) is 11.7. The quantitative estimate of drug-likeness (QED) is 0.727. The molecule has 0 saturated carbocycles. The number of aryl methyl sites for hydroxylation is 1. The smallest absolute Gasteiger partial charge is 0.233 e. The van der Waals surface area contributed by atoms with Crippen molar-refractivity contribution in [2.45, 2.75) is 6.92 Å². The summed E-state index contributed by atoms with van der Waals surface area (Å²) in [7, 11) is 0. The van der Waals surface area contributed by atoms with Crippen LogP contribution in [0.5, 0.6) is 0 Å². The first kappa shape index (κ1) is 9.84. The van der Waals surface area contributed by atoms with Gasteiger partial charge in [0.2, 0.25) is 5.95 Å². The monoisotopic (exact) mass is 224 g/mol. The number of benzene rings is 1. The van der Waals surface area contributed by atoms with E-state index in [-0.39, 0.29) is 0 Å². The number of rotatable bonds is 2. The molecule has 4 nitrogen and oxygen atoms in total. The summed E-state index contributed by atoms with van der Waals surface area (Å²) in [6.45, 7) is 2.07. The van der Waals surface area contributed by atoms with E-state index >= 15 is 0 Å². The summed E-state index contributed by atoms with van der Waals surface area (Å²) in [5, 5.41) is 11.4. The van der Waals surface area contributed by atoms with Crippen LogP contribution >= 0.6 is 0 Å². The Hall–Kier alpha value is -2.36. The van der Waals surface area contributed by atoms with Gasteiger partial charge >= 0.3 is 0 Å². The number of pyridine rings is 1. The number of nitrogens with zero attached hydrogens (tertiary/aromatic N) is 3. The fourth-order valence-corrected chi connectivity index (χ4v) is 1.69. The van der Waals surface area contributed by atoms with Gasteiger partial charge in [0.25, 0.3) is 0 Å². The second-order valence-corrected chi connectivity index (χ2v) is 3.94. The molecule has 0 aliphatic heterocycles. The predicted octanol–water partition coefficient (Wildman–Crippen LogP) is 2.78. The lowest BCUT2D eigenvalue weighted by Crippen LogP contribution is -1.96. The molecule has 84 valence electrons. The molecule has 2 aromatic heterocycles. The van der Waals surface area contributed by atoms with Crippen molar-refractivity contribution in [3.05, 3.63) is 54.2 Å². The SMILES string of the molecule is Cc1ccc(Nc2nnc3ccccn23)cc1. The maximum Gasteiger partial charge on any atom is 0.233 e. The molecule has 0 unspecified atom stereocenters. The third-order valence-corrected chi connectivity index (χ3v) is 2.62. The van der Waals surface area contributed by atoms with Gasteiger partial charge in [-0.15, -0.1) is 10.2 Å². The average molecular weight is 224 g/mol. The van der Waals surface area contributed by atoms with Gasteiger partial charge in [-0.2, -0.15) is 0 Å². The Morgan fingerprint density at radius 3 is 2.65 bits per heavy atom. The highest BCUT2D eigenvalue weighted by Gasteiger charge is 2.03. The highest BCUT2D eigenvalue weighted by atomic mass is 15.3. The van der Waals surface area contributed by atoms with Crippen molar-refractivity contribution in [1.82, 2.24) is 14.6 Å². The summed E-state index contributed by atoms with van der Waals surface area (Å²) >= 11 is 0. The van der Waals surface area contributed by atoms with E-state index < -0.39 is 0 Å². The Labute approximate surface area is 98.9 Å². The van der Waals surface area contributed by atoms with Crippen molar-refractivity contribution in [2.75, 3.05) is 5.32 Å². The topological polar surface area (TPSA) is 42.2 Å². The highest BCUT2D eigenvalue weighted by Crippen LogP contribution is 2.15. The van der Waals surface area contributed by atoms with Crippen LogP contribution in [0.4, 0.5) is 11.6 Å². The van der Waals surface area contributed by atoms with Crippen LogP contribution in [0.1, 0.15) is 5.56 Å². The molecule has 3 aromatic rings. The third-order valence-electron chi connectivity index (χ3n) is 2.62. The normalized spacial score (nSPS) is 10.6. The Kier molecular flexibility index (Phi) is 2.26. The number of aromatic nitrogens is 3. The number of hydrogen-bond acceptors (Lipinski definition) is 3. The van der Waals surface area contributed by atoms with Gasteiger partial charge in [-0.25, -0.2) is 0 Å². The molecule has 0 atom stereocenters. The van der Waals surface area contributed by atoms with E-state index in [9.17, 15) is 0 Å². The largest absolute Gasteiger partial charge is 0.324 e. The van der Waals surface area contributed by atoms with Gasteiger partial charge < -0.3 is 5.32 Å². The van der Waals surface area contributed by atoms with Gasteiger partial charge in [-0.1, -0.05) is 23.8 Å². The number of nitrogens with one attached hydrogen (secondary N) is 1. The number of hydrogen-bond donors (Lipinski definition) is 1. The van der Waals surface area contributed by atoms with E-state index in [2.05, 4.69) is 34.6 Å². The minimum atomic E-state index is 0.726. The van der Waals surface area contributed by atoms with Crippen molar-refractivity contribution in [3.8, 4) is 0 Å². The first-order valence-electron chi connectivity index (χ1n) is 5.46. The summed E-state index contributed by atoms with van der Waals surface area (Å²) in [5.41, 5.74) is 3.08. The van der Waals surface area contributed by atoms with E-state index in [0.717, 1.165) is 17.3 Å². The lowest BCUT2D eigenvalue weighted by atomic mass is 10.2. The van der Waals surface area contributed by atoms with E-state index in [1.807, 2.05) is 40.9 Å². The zero-order valence-corrected chi connectivity index (χ0v) is 9.46. The summed E-state index contributed by atoms with van der Waals surface area (Å²) in [6, 6.07) is 14.0. The van der Waals surface area contributed by atoms with Crippen LogP contribution in [0.15, 0.2) is 48.7 Å². The van der Waals surface area contributed by atoms with Crippen LogP contribution < -0.4 is 5.32 Å². The molecule has 1 N–H and O–H groups in total. The Balaban J connectivity index is 1.97. The molecular weight excluding hydrogens is 212 g/mol. The Morgan fingerprint density at radius 1 is 1.00 bits per heavy atom. The molecule has 0 bridgehead atoms. The molecule has 1 aromatic carbocycles. The first-order chi connectivity index (χ1) is 8.33. The second kappa shape index (κ2) is 3.90. The second-order valence-electron chi connectivity index (χ2n) is 3.94. The minimum Gasteiger partial charge on any atom is -0.324 e. The van der Waals surface area contributed by atoms with Gasteiger partial charge in [0.05, 0.1) is 0 Å². The molecular formula is C13H12N4. The third kappa shape index (κ3) is 1.85. The van der Waals surface area contributed by atoms with E-state index in [1.165, 1.54) is 5.56 Å². The van der Waals surface area contributed by atoms with Crippen molar-refractivity contribution >= 4 is 17.3 Å². The molecule has 17 heavy (non-hydrogen) atoms. The van der Waals surface area contributed by atoms with E-state index in [1.54, 1.807) is 0 Å². The lowest BCUT2D eigenvalue weighted by molar-refractivity contribution is 1.11. The van der Waals surface area contributed by atoms with Crippen LogP contribution in [0, 0.1) is 6.92 Å². The van der Waals surface area contributed by atoms with Gasteiger partial charge in [0.1, 0.15) is 0 Å². The molecule has 4 heteroatoms. The molecule has 0 aliphatic carbocycles. The van der Waals surface area contributed by atoms with Gasteiger partial charge in [-0.05, 0) is 31.2 Å². The Morgan fingerprint density at radius 2 is 1.82 bits per heavy atom. The lowest BCUT2D eigenvalue weighted by Gasteiger charge is -2.04. The molecule has 0 radical (unpaired) electrons. The summed E-state index contributed by atoms with van der Waals surface area (Å²) in [6.07, 6.45) is 1.94. The molecule has 3 rings (SSSR count). The van der Waals surface area contributed by atoms with Crippen molar-refractivity contribution < 1.29 is 0 Å². The zero-order valence-electron chi connectivity index (χ0n) is 9.46. The van der Waals surface area contributed by atoms with E-state index in [0.29, 0.717) is 0 Å². The summed E-state index contributed by atoms with van der Waals surface area (Å²) in [5.74, 6) is 0.726. The van der Waals surface area contributed by atoms with Crippen LogP contribution in [-0.4, -0.2) is 14.6 Å². The summed E-state index contributed by atoms with van der Waals surface area (Å²) < 4.78 is 1.92. The van der Waals surface area contributed by atoms with Gasteiger partial charge in [-0.3, -0.25) is 4.40 Å². The van der Waals surface area contributed by atoms with Crippen molar-refractivity contribution in [3.63, 3.8) is 0 Å². The molecule has 0 saturated heterocycles. The highest BCUT2D eigenvalue weighted by molar-refractivity contribution is 5.56. The summed E-state index contributed by atoms with van der Waals surface area (Å²) in [4.78, 5) is 0. The maximum atomic E-state index is 4.11. The Bertz CT molecular complexity index is 640. The van der Waals surface area contributed by atoms with Crippen LogP contribution in [0.2, 0.25) is 0 Å². The molecule has 0 amide bonds. The average Bonchev–Trinajstić information content (AvgIpc) is 2.76. The van der Waals surface area contributed by atoms with Crippen molar-refractivity contribution in [2.24, 2.45) is 0 Å². The van der Waals surface area contributed by atoms with Crippen LogP contribution in [-0.2, 0) is 0 Å². The molecule has 0 fully saturated rings. The first-order valence-corrected chi connectivity index (χ1v) is 5.46. The van der Waals surface area contributed by atoms with Gasteiger partial charge in [0.15, 0.2) is 5.65 Å². The van der Waals surface area contributed by atoms with Crippen LogP contribution in [0.25, 0.3) is 5.65 Å². The fourth-order valence-electron chi connectivity index (χ4n) is 1.69. The predicted molar refractivity (Wildman–Crippen MR) is 67.4 cm³/mol. The molecule has 0 aliphatic rings. The van der Waals surface area contributed by atoms with E-state index in [4.69, 9.17) is 0 Å².